The van der Waals surface area contributed by atoms with Crippen molar-refractivity contribution in [2.75, 3.05) is 60.0 Å². The zero-order chi connectivity index (χ0) is 22.1. The van der Waals surface area contributed by atoms with E-state index < -0.39 is 6.10 Å². The third kappa shape index (κ3) is 7.47. The molecule has 3 rings (SSSR count). The summed E-state index contributed by atoms with van der Waals surface area (Å²) in [5.41, 5.74) is 2.33. The molecule has 1 unspecified atom stereocenters. The molecule has 0 radical (unpaired) electrons. The summed E-state index contributed by atoms with van der Waals surface area (Å²) in [5, 5.41) is 10.4. The van der Waals surface area contributed by atoms with Gasteiger partial charge in [0.1, 0.15) is 12.7 Å². The number of nitrogens with zero attached hydrogens (tertiary/aromatic N) is 4. The molecule has 1 aromatic heterocycles. The number of hydrogen-bond acceptors (Lipinski definition) is 7. The number of piperazine rings is 1. The maximum Gasteiger partial charge on any atom is 0.161 e. The molecule has 1 aromatic carbocycles. The standard InChI is InChI=1S/C24H36N4O3/c1-4-27-10-12-28(13-11-27)18-22(29)19-31-23-8-7-20(14-24(23)30-3)16-26(2)17-21-6-5-9-25-15-21/h5-9,14-15,22,29H,4,10-13,16-19H2,1-3H3. The van der Waals surface area contributed by atoms with E-state index in [-0.39, 0.29) is 6.61 Å². The van der Waals surface area contributed by atoms with Gasteiger partial charge in [0.05, 0.1) is 7.11 Å². The average Bonchev–Trinajstić information content (AvgIpc) is 2.79. The Morgan fingerprint density at radius 1 is 1.06 bits per heavy atom. The van der Waals surface area contributed by atoms with Crippen molar-refractivity contribution < 1.29 is 14.6 Å². The summed E-state index contributed by atoms with van der Waals surface area (Å²) in [7, 11) is 3.73. The number of aliphatic hydroxyl groups excluding tert-OH is 1. The molecule has 1 fully saturated rings. The molecule has 0 bridgehead atoms. The van der Waals surface area contributed by atoms with Crippen molar-refractivity contribution in [2.24, 2.45) is 0 Å². The second kappa shape index (κ2) is 12.0. The minimum absolute atomic E-state index is 0.255. The molecule has 1 atom stereocenters. The van der Waals surface area contributed by atoms with Gasteiger partial charge in [-0.1, -0.05) is 19.1 Å². The fraction of sp³-hybridized carbons (Fsp3) is 0.542. The predicted octanol–water partition coefficient (Wildman–Crippen LogP) is 2.10. The predicted molar refractivity (Wildman–Crippen MR) is 122 cm³/mol. The Kier molecular flexibility index (Phi) is 9.09. The van der Waals surface area contributed by atoms with E-state index in [2.05, 4.69) is 39.7 Å². The van der Waals surface area contributed by atoms with Crippen molar-refractivity contribution in [3.8, 4) is 11.5 Å². The number of rotatable bonds is 11. The molecule has 1 saturated heterocycles. The lowest BCUT2D eigenvalue weighted by molar-refractivity contribution is 0.0464. The van der Waals surface area contributed by atoms with E-state index in [0.717, 1.165) is 51.4 Å². The highest BCUT2D eigenvalue weighted by Crippen LogP contribution is 2.29. The summed E-state index contributed by atoms with van der Waals surface area (Å²) in [6, 6.07) is 10.0. The Morgan fingerprint density at radius 3 is 2.48 bits per heavy atom. The van der Waals surface area contributed by atoms with E-state index in [0.29, 0.717) is 18.0 Å². The first-order valence-electron chi connectivity index (χ1n) is 11.1. The van der Waals surface area contributed by atoms with Gasteiger partial charge in [0.25, 0.3) is 0 Å². The molecule has 1 N–H and O–H groups in total. The maximum atomic E-state index is 10.4. The monoisotopic (exact) mass is 428 g/mol. The second-order valence-corrected chi connectivity index (χ2v) is 8.22. The largest absolute Gasteiger partial charge is 0.493 e. The fourth-order valence-electron chi connectivity index (χ4n) is 3.93. The number of pyridine rings is 1. The molecule has 7 nitrogen and oxygen atoms in total. The third-order valence-electron chi connectivity index (χ3n) is 5.67. The molecule has 0 spiro atoms. The van der Waals surface area contributed by atoms with Crippen molar-refractivity contribution in [1.29, 1.82) is 0 Å². The number of hydrogen-bond donors (Lipinski definition) is 1. The lowest BCUT2D eigenvalue weighted by Gasteiger charge is -2.34. The molecule has 2 heterocycles. The van der Waals surface area contributed by atoms with Crippen molar-refractivity contribution in [3.63, 3.8) is 0 Å². The van der Waals surface area contributed by atoms with Gasteiger partial charge in [0.15, 0.2) is 11.5 Å². The maximum absolute atomic E-state index is 10.4. The van der Waals surface area contributed by atoms with Gasteiger partial charge in [-0.05, 0) is 42.9 Å². The lowest BCUT2D eigenvalue weighted by Crippen LogP contribution is -2.49. The van der Waals surface area contributed by atoms with Crippen LogP contribution in [0.4, 0.5) is 0 Å². The van der Waals surface area contributed by atoms with Crippen LogP contribution >= 0.6 is 0 Å². The van der Waals surface area contributed by atoms with Gasteiger partial charge in [0, 0.05) is 58.2 Å². The molecule has 1 aliphatic heterocycles. The topological polar surface area (TPSA) is 61.3 Å². The van der Waals surface area contributed by atoms with Gasteiger partial charge in [-0.15, -0.1) is 0 Å². The molecule has 0 saturated carbocycles. The molecular formula is C24H36N4O3. The molecule has 170 valence electrons. The van der Waals surface area contributed by atoms with Crippen LogP contribution in [0.3, 0.4) is 0 Å². The van der Waals surface area contributed by atoms with Gasteiger partial charge < -0.3 is 19.5 Å². The van der Waals surface area contributed by atoms with E-state index >= 15 is 0 Å². The van der Waals surface area contributed by atoms with Gasteiger partial charge in [-0.25, -0.2) is 0 Å². The van der Waals surface area contributed by atoms with Crippen molar-refractivity contribution in [1.82, 2.24) is 19.7 Å². The van der Waals surface area contributed by atoms with E-state index in [9.17, 15) is 5.11 Å². The summed E-state index contributed by atoms with van der Waals surface area (Å²) in [5.74, 6) is 1.35. The second-order valence-electron chi connectivity index (χ2n) is 8.22. The summed E-state index contributed by atoms with van der Waals surface area (Å²) in [6.45, 7) is 9.91. The van der Waals surface area contributed by atoms with E-state index in [4.69, 9.17) is 9.47 Å². The molecular weight excluding hydrogens is 392 g/mol. The van der Waals surface area contributed by atoms with Crippen LogP contribution < -0.4 is 9.47 Å². The fourth-order valence-corrected chi connectivity index (χ4v) is 3.93. The number of β-amino-alcohol motifs (C(OH)–C–C–N with tert-alkyl or cyclic N) is 1. The first kappa shape index (κ1) is 23.5. The van der Waals surface area contributed by atoms with Crippen LogP contribution in [0.15, 0.2) is 42.7 Å². The minimum atomic E-state index is -0.525. The Labute approximate surface area is 186 Å². The lowest BCUT2D eigenvalue weighted by atomic mass is 10.1. The van der Waals surface area contributed by atoms with Crippen LogP contribution in [0, 0.1) is 0 Å². The Hall–Kier alpha value is -2.19. The highest BCUT2D eigenvalue weighted by molar-refractivity contribution is 5.43. The van der Waals surface area contributed by atoms with Crippen LogP contribution in [0.2, 0.25) is 0 Å². The van der Waals surface area contributed by atoms with Crippen molar-refractivity contribution >= 4 is 0 Å². The minimum Gasteiger partial charge on any atom is -0.493 e. The molecule has 0 aliphatic carbocycles. The number of ether oxygens (including phenoxy) is 2. The zero-order valence-electron chi connectivity index (χ0n) is 19.0. The average molecular weight is 429 g/mol. The Bertz CT molecular complexity index is 782. The SMILES string of the molecule is CCN1CCN(CC(O)COc2ccc(CN(C)Cc3cccnc3)cc2OC)CC1. The summed E-state index contributed by atoms with van der Waals surface area (Å²) in [6.07, 6.45) is 3.16. The Morgan fingerprint density at radius 2 is 1.81 bits per heavy atom. The normalized spacial score (nSPS) is 16.4. The molecule has 1 aliphatic rings. The van der Waals surface area contributed by atoms with Crippen LogP contribution in [0.1, 0.15) is 18.1 Å². The summed E-state index contributed by atoms with van der Waals surface area (Å²) < 4.78 is 11.4. The van der Waals surface area contributed by atoms with Gasteiger partial charge in [-0.3, -0.25) is 14.8 Å². The quantitative estimate of drug-likeness (QED) is 0.588. The Balaban J connectivity index is 1.48. The highest BCUT2D eigenvalue weighted by Gasteiger charge is 2.19. The molecule has 7 heteroatoms. The van der Waals surface area contributed by atoms with Gasteiger partial charge in [0.2, 0.25) is 0 Å². The highest BCUT2D eigenvalue weighted by atomic mass is 16.5. The van der Waals surface area contributed by atoms with Crippen LogP contribution in [0.25, 0.3) is 0 Å². The molecule has 31 heavy (non-hydrogen) atoms. The number of methoxy groups -OCH3 is 1. The van der Waals surface area contributed by atoms with Crippen LogP contribution in [-0.2, 0) is 13.1 Å². The smallest absolute Gasteiger partial charge is 0.161 e. The van der Waals surface area contributed by atoms with Crippen LogP contribution in [-0.4, -0.2) is 90.9 Å². The summed E-state index contributed by atoms with van der Waals surface area (Å²) in [4.78, 5) is 11.1. The van der Waals surface area contributed by atoms with Crippen LogP contribution in [0.5, 0.6) is 11.5 Å². The first-order chi connectivity index (χ1) is 15.1. The van der Waals surface area contributed by atoms with Crippen molar-refractivity contribution in [3.05, 3.63) is 53.9 Å². The van der Waals surface area contributed by atoms with E-state index in [1.165, 1.54) is 5.56 Å². The first-order valence-corrected chi connectivity index (χ1v) is 11.1. The summed E-state index contributed by atoms with van der Waals surface area (Å²) >= 11 is 0. The number of aromatic nitrogens is 1. The van der Waals surface area contributed by atoms with Crippen molar-refractivity contribution in [2.45, 2.75) is 26.1 Å². The number of likely N-dealkylation sites (N-methyl/N-ethyl adjacent to an activating group) is 1. The van der Waals surface area contributed by atoms with E-state index in [1.807, 2.05) is 30.5 Å². The third-order valence-corrected chi connectivity index (χ3v) is 5.67. The zero-order valence-corrected chi connectivity index (χ0v) is 19.0. The molecule has 2 aromatic rings. The number of aliphatic hydroxyl groups is 1. The van der Waals surface area contributed by atoms with E-state index in [1.54, 1.807) is 13.3 Å². The number of benzene rings is 1. The molecule has 0 amide bonds. The van der Waals surface area contributed by atoms with Gasteiger partial charge in [-0.2, -0.15) is 0 Å². The van der Waals surface area contributed by atoms with Gasteiger partial charge >= 0.3 is 0 Å².